The molecule has 0 fully saturated rings. The first-order valence-electron chi connectivity index (χ1n) is 9.40. The van der Waals surface area contributed by atoms with E-state index in [1.165, 1.54) is 5.56 Å². The maximum atomic E-state index is 9.98. The minimum Gasteiger partial charge on any atom is -0.506 e. The van der Waals surface area contributed by atoms with Crippen LogP contribution in [0, 0.1) is 0 Å². The third-order valence-corrected chi connectivity index (χ3v) is 5.84. The summed E-state index contributed by atoms with van der Waals surface area (Å²) in [5.74, 6) is 0.0988. The highest BCUT2D eigenvalue weighted by atomic mass is 16.3. The van der Waals surface area contributed by atoms with Crippen LogP contribution in [0.2, 0.25) is 0 Å². The van der Waals surface area contributed by atoms with Gasteiger partial charge in [-0.1, -0.05) is 54.6 Å². The van der Waals surface area contributed by atoms with Crippen molar-refractivity contribution in [3.8, 4) is 11.5 Å². The summed E-state index contributed by atoms with van der Waals surface area (Å²) in [6.45, 7) is 0. The summed E-state index contributed by atoms with van der Waals surface area (Å²) in [7, 11) is 0. The highest BCUT2D eigenvalue weighted by Crippen LogP contribution is 2.53. The quantitative estimate of drug-likeness (QED) is 0.386. The fraction of sp³-hybridized carbons (Fsp3) is 0.0400. The molecule has 0 radical (unpaired) electrons. The third kappa shape index (κ3) is 2.39. The number of nitrogens with two attached hydrogens (primary N) is 2. The Morgan fingerprint density at radius 1 is 0.759 bits per heavy atom. The van der Waals surface area contributed by atoms with E-state index < -0.39 is 5.41 Å². The van der Waals surface area contributed by atoms with Crippen molar-refractivity contribution in [2.75, 3.05) is 11.5 Å². The van der Waals surface area contributed by atoms with Crippen LogP contribution in [0.15, 0.2) is 84.5 Å². The molecular formula is C25H20N2O2. The van der Waals surface area contributed by atoms with Crippen molar-refractivity contribution >= 4 is 23.0 Å². The first-order valence-corrected chi connectivity index (χ1v) is 9.40. The molecule has 3 aromatic carbocycles. The molecule has 29 heavy (non-hydrogen) atoms. The van der Waals surface area contributed by atoms with Gasteiger partial charge in [0.15, 0.2) is 0 Å². The Morgan fingerprint density at radius 2 is 1.38 bits per heavy atom. The van der Waals surface area contributed by atoms with E-state index in [0.29, 0.717) is 11.4 Å². The number of nitrogen functional groups attached to an aromatic ring is 2. The Kier molecular flexibility index (Phi) is 3.58. The Labute approximate surface area is 168 Å². The van der Waals surface area contributed by atoms with E-state index in [1.807, 2.05) is 30.3 Å². The second-order valence-corrected chi connectivity index (χ2v) is 7.44. The van der Waals surface area contributed by atoms with Crippen LogP contribution in [-0.4, -0.2) is 10.2 Å². The van der Waals surface area contributed by atoms with Crippen LogP contribution < -0.4 is 11.5 Å². The zero-order chi connectivity index (χ0) is 20.2. The lowest BCUT2D eigenvalue weighted by Crippen LogP contribution is -2.29. The van der Waals surface area contributed by atoms with Crippen molar-refractivity contribution in [1.82, 2.24) is 0 Å². The molecule has 0 aromatic heterocycles. The van der Waals surface area contributed by atoms with Gasteiger partial charge >= 0.3 is 0 Å². The summed E-state index contributed by atoms with van der Waals surface area (Å²) < 4.78 is 0. The molecule has 0 spiro atoms. The molecule has 0 amide bonds. The highest BCUT2D eigenvalue weighted by molar-refractivity contribution is 6.00. The van der Waals surface area contributed by atoms with Gasteiger partial charge in [-0.25, -0.2) is 0 Å². The molecule has 0 atom stereocenters. The summed E-state index contributed by atoms with van der Waals surface area (Å²) in [5, 5.41) is 20.0. The van der Waals surface area contributed by atoms with E-state index in [4.69, 9.17) is 11.5 Å². The number of benzene rings is 3. The summed E-state index contributed by atoms with van der Waals surface area (Å²) in [5.41, 5.74) is 18.5. The largest absolute Gasteiger partial charge is 0.506 e. The van der Waals surface area contributed by atoms with Crippen molar-refractivity contribution in [2.45, 2.75) is 5.41 Å². The van der Waals surface area contributed by atoms with Crippen LogP contribution >= 0.6 is 0 Å². The Bertz CT molecular complexity index is 1200. The van der Waals surface area contributed by atoms with Crippen molar-refractivity contribution in [3.05, 3.63) is 107 Å². The molecule has 0 saturated carbocycles. The number of anilines is 2. The third-order valence-electron chi connectivity index (χ3n) is 5.84. The van der Waals surface area contributed by atoms with Gasteiger partial charge in [-0.15, -0.1) is 0 Å². The Balaban J connectivity index is 1.83. The zero-order valence-electron chi connectivity index (χ0n) is 15.6. The molecule has 0 heterocycles. The number of phenols is 2. The van der Waals surface area contributed by atoms with Crippen molar-refractivity contribution < 1.29 is 10.2 Å². The monoisotopic (exact) mass is 380 g/mol. The van der Waals surface area contributed by atoms with E-state index in [2.05, 4.69) is 30.4 Å². The first kappa shape index (κ1) is 17.2. The highest BCUT2D eigenvalue weighted by Gasteiger charge is 2.42. The van der Waals surface area contributed by atoms with Crippen molar-refractivity contribution in [1.29, 1.82) is 0 Å². The van der Waals surface area contributed by atoms with E-state index in [1.54, 1.807) is 24.3 Å². The molecular weight excluding hydrogens is 360 g/mol. The average molecular weight is 380 g/mol. The molecule has 2 aliphatic rings. The van der Waals surface area contributed by atoms with Crippen LogP contribution in [0.25, 0.3) is 11.6 Å². The van der Waals surface area contributed by atoms with Gasteiger partial charge in [0.05, 0.1) is 16.8 Å². The van der Waals surface area contributed by atoms with Gasteiger partial charge in [-0.05, 0) is 63.7 Å². The zero-order valence-corrected chi connectivity index (χ0v) is 15.6. The van der Waals surface area contributed by atoms with Crippen molar-refractivity contribution in [3.63, 3.8) is 0 Å². The summed E-state index contributed by atoms with van der Waals surface area (Å²) in [4.78, 5) is 0. The topological polar surface area (TPSA) is 92.5 Å². The van der Waals surface area contributed by atoms with Gasteiger partial charge in [-0.2, -0.15) is 0 Å². The Morgan fingerprint density at radius 3 is 2.00 bits per heavy atom. The summed E-state index contributed by atoms with van der Waals surface area (Å²) >= 11 is 0. The molecule has 3 aromatic rings. The maximum absolute atomic E-state index is 9.98. The fourth-order valence-electron chi connectivity index (χ4n) is 4.40. The fourth-order valence-corrected chi connectivity index (χ4v) is 4.40. The number of aromatic hydroxyl groups is 2. The van der Waals surface area contributed by atoms with Gasteiger partial charge in [0, 0.05) is 0 Å². The van der Waals surface area contributed by atoms with Gasteiger partial charge in [0.25, 0.3) is 0 Å². The lowest BCUT2D eigenvalue weighted by molar-refractivity contribution is 0.477. The standard InChI is InChI=1S/C25H20N2O2/c26-21-13-16(7-9-23(21)28)25(17-8-10-24(29)22(27)14-17)11-3-6-19-18-5-2-1-4-15(18)12-20(19)25/h1-14,28-29H,26-27H2. The molecule has 4 nitrogen and oxygen atoms in total. The van der Waals surface area contributed by atoms with E-state index in [0.717, 1.165) is 27.8 Å². The van der Waals surface area contributed by atoms with Gasteiger partial charge in [0.1, 0.15) is 11.5 Å². The lowest BCUT2D eigenvalue weighted by atomic mass is 9.65. The molecule has 0 bridgehead atoms. The van der Waals surface area contributed by atoms with Gasteiger partial charge in [-0.3, -0.25) is 0 Å². The van der Waals surface area contributed by atoms with Gasteiger partial charge in [0.2, 0.25) is 0 Å². The van der Waals surface area contributed by atoms with Gasteiger partial charge < -0.3 is 21.7 Å². The molecule has 142 valence electrons. The Hall–Kier alpha value is -3.92. The van der Waals surface area contributed by atoms with E-state index in [-0.39, 0.29) is 11.5 Å². The van der Waals surface area contributed by atoms with E-state index in [9.17, 15) is 10.2 Å². The minimum absolute atomic E-state index is 0.0494. The number of hydrogen-bond acceptors (Lipinski definition) is 4. The predicted molar refractivity (Wildman–Crippen MR) is 117 cm³/mol. The van der Waals surface area contributed by atoms with Crippen LogP contribution in [0.5, 0.6) is 11.5 Å². The average Bonchev–Trinajstić information content (AvgIpc) is 3.11. The minimum atomic E-state index is -0.660. The molecule has 0 saturated heterocycles. The smallest absolute Gasteiger partial charge is 0.138 e. The number of fused-ring (bicyclic) bond motifs is 3. The van der Waals surface area contributed by atoms with Crippen molar-refractivity contribution in [2.24, 2.45) is 0 Å². The molecule has 5 rings (SSSR count). The molecule has 4 heteroatoms. The maximum Gasteiger partial charge on any atom is 0.138 e. The molecule has 2 aliphatic carbocycles. The predicted octanol–water partition coefficient (Wildman–Crippen LogP) is 4.60. The van der Waals surface area contributed by atoms with Crippen LogP contribution in [0.1, 0.15) is 22.3 Å². The lowest BCUT2D eigenvalue weighted by Gasteiger charge is -2.37. The summed E-state index contributed by atoms with van der Waals surface area (Å²) in [6.07, 6.45) is 8.47. The van der Waals surface area contributed by atoms with Crippen LogP contribution in [0.4, 0.5) is 11.4 Å². The second kappa shape index (κ2) is 6.04. The molecule has 6 N–H and O–H groups in total. The SMILES string of the molecule is Nc1cc(C2(c3ccc(O)c(N)c3)C=CC=C3C2=Cc2ccccc23)ccc1O. The molecule has 0 aliphatic heterocycles. The number of phenolic OH excluding ortho intramolecular Hbond substituents is 2. The first-order chi connectivity index (χ1) is 14.0. The van der Waals surface area contributed by atoms with Crippen LogP contribution in [0.3, 0.4) is 0 Å². The normalized spacial score (nSPS) is 16.0. The summed E-state index contributed by atoms with van der Waals surface area (Å²) in [6, 6.07) is 18.9. The second-order valence-electron chi connectivity index (χ2n) is 7.44. The van der Waals surface area contributed by atoms with E-state index >= 15 is 0 Å². The number of hydrogen-bond donors (Lipinski definition) is 4. The number of allylic oxidation sites excluding steroid dienone is 5. The number of rotatable bonds is 2. The van der Waals surface area contributed by atoms with Crippen LogP contribution in [-0.2, 0) is 5.41 Å². The molecule has 0 unspecified atom stereocenters.